The summed E-state index contributed by atoms with van der Waals surface area (Å²) in [7, 11) is 0. The number of thioether (sulfide) groups is 1. The first-order valence-electron chi connectivity index (χ1n) is 4.91. The van der Waals surface area contributed by atoms with Gasteiger partial charge in [-0.2, -0.15) is 0 Å². The first kappa shape index (κ1) is 12.8. The van der Waals surface area contributed by atoms with Crippen LogP contribution < -0.4 is 5.73 Å². The number of carbonyl (C=O) groups excluding carboxylic acids is 1. The zero-order valence-electron chi connectivity index (χ0n) is 9.34. The highest BCUT2D eigenvalue weighted by atomic mass is 32.2. The monoisotopic (exact) mass is 237 g/mol. The molecule has 1 rings (SSSR count). The van der Waals surface area contributed by atoms with Crippen molar-refractivity contribution in [2.45, 2.75) is 18.0 Å². The summed E-state index contributed by atoms with van der Waals surface area (Å²) in [4.78, 5) is 12.3. The molecule has 0 bridgehead atoms. The van der Waals surface area contributed by atoms with Crippen molar-refractivity contribution < 1.29 is 9.53 Å². The smallest absolute Gasteiger partial charge is 0.332 e. The molecule has 16 heavy (non-hydrogen) atoms. The van der Waals surface area contributed by atoms with Gasteiger partial charge in [-0.15, -0.1) is 11.8 Å². The van der Waals surface area contributed by atoms with Gasteiger partial charge in [0.15, 0.2) is 0 Å². The second-order valence-corrected chi connectivity index (χ2v) is 4.07. The van der Waals surface area contributed by atoms with Crippen LogP contribution in [0.4, 0.5) is 0 Å². The first-order valence-corrected chi connectivity index (χ1v) is 6.13. The molecule has 0 radical (unpaired) electrons. The zero-order chi connectivity index (χ0) is 12.0. The molecule has 1 atom stereocenters. The highest BCUT2D eigenvalue weighted by Crippen LogP contribution is 2.20. The molecule has 0 saturated carbocycles. The maximum Gasteiger partial charge on any atom is 0.332 e. The second-order valence-electron chi connectivity index (χ2n) is 3.22. The fraction of sp³-hybridized carbons (Fsp3) is 0.250. The molecule has 2 N–H and O–H groups in total. The average Bonchev–Trinajstić information content (AvgIpc) is 2.26. The average molecular weight is 237 g/mol. The Labute approximate surface area is 99.7 Å². The Morgan fingerprint density at radius 2 is 2.19 bits per heavy atom. The van der Waals surface area contributed by atoms with Crippen molar-refractivity contribution in [3.8, 4) is 0 Å². The Hall–Kier alpha value is -1.26. The van der Waals surface area contributed by atoms with Crippen LogP contribution in [0.3, 0.4) is 0 Å². The van der Waals surface area contributed by atoms with Crippen LogP contribution in [0.2, 0.25) is 0 Å². The Bertz CT molecular complexity index is 388. The maximum atomic E-state index is 11.2. The summed E-state index contributed by atoms with van der Waals surface area (Å²) >= 11 is 1.63. The number of nitrogens with two attached hydrogens (primary N) is 1. The molecular formula is C12H15NO2S. The lowest BCUT2D eigenvalue weighted by Crippen LogP contribution is -2.22. The first-order chi connectivity index (χ1) is 7.63. The molecule has 0 heterocycles. The van der Waals surface area contributed by atoms with E-state index in [0.717, 1.165) is 10.5 Å². The van der Waals surface area contributed by atoms with E-state index in [0.29, 0.717) is 0 Å². The predicted molar refractivity (Wildman–Crippen MR) is 67.0 cm³/mol. The van der Waals surface area contributed by atoms with E-state index in [1.807, 2.05) is 30.5 Å². The van der Waals surface area contributed by atoms with E-state index in [1.54, 1.807) is 24.8 Å². The molecule has 0 fully saturated rings. The fourth-order valence-corrected chi connectivity index (χ4v) is 1.77. The molecule has 4 heteroatoms. The van der Waals surface area contributed by atoms with E-state index < -0.39 is 12.2 Å². The van der Waals surface area contributed by atoms with E-state index in [1.165, 1.54) is 6.08 Å². The third-order valence-corrected chi connectivity index (χ3v) is 2.65. The molecule has 0 spiro atoms. The van der Waals surface area contributed by atoms with E-state index in [4.69, 9.17) is 10.5 Å². The van der Waals surface area contributed by atoms with Gasteiger partial charge in [0.05, 0.1) is 0 Å². The van der Waals surface area contributed by atoms with Gasteiger partial charge in [-0.25, -0.2) is 4.79 Å². The summed E-state index contributed by atoms with van der Waals surface area (Å²) in [6.07, 6.45) is 4.54. The number of hydrogen-bond donors (Lipinski definition) is 1. The van der Waals surface area contributed by atoms with Gasteiger partial charge in [0.1, 0.15) is 6.23 Å². The minimum Gasteiger partial charge on any atom is -0.444 e. The highest BCUT2D eigenvalue weighted by Gasteiger charge is 2.01. The molecule has 86 valence electrons. The Kier molecular flexibility index (Phi) is 5.08. The van der Waals surface area contributed by atoms with Gasteiger partial charge in [-0.05, 0) is 30.9 Å². The number of benzene rings is 1. The van der Waals surface area contributed by atoms with Crippen LogP contribution >= 0.6 is 11.8 Å². The standard InChI is InChI=1S/C12H15NO2S/c1-9(13)15-12(14)8-7-10-5-3-4-6-11(10)16-2/h3-9H,13H2,1-2H3. The van der Waals surface area contributed by atoms with Gasteiger partial charge in [-0.1, -0.05) is 18.2 Å². The van der Waals surface area contributed by atoms with Crippen LogP contribution in [0.15, 0.2) is 35.2 Å². The number of rotatable bonds is 4. The molecular weight excluding hydrogens is 222 g/mol. The van der Waals surface area contributed by atoms with E-state index >= 15 is 0 Å². The molecule has 0 aliphatic heterocycles. The molecule has 1 aromatic carbocycles. The predicted octanol–water partition coefficient (Wildman–Crippen LogP) is 2.27. The number of esters is 1. The van der Waals surface area contributed by atoms with Gasteiger partial charge in [0.25, 0.3) is 0 Å². The van der Waals surface area contributed by atoms with E-state index in [-0.39, 0.29) is 0 Å². The molecule has 1 aromatic rings. The van der Waals surface area contributed by atoms with Crippen molar-refractivity contribution in [1.82, 2.24) is 0 Å². The number of hydrogen-bond acceptors (Lipinski definition) is 4. The number of carbonyl (C=O) groups is 1. The van der Waals surface area contributed by atoms with Crippen molar-refractivity contribution in [3.63, 3.8) is 0 Å². The molecule has 0 aliphatic carbocycles. The normalized spacial score (nSPS) is 12.7. The van der Waals surface area contributed by atoms with Crippen LogP contribution in [0, 0.1) is 0 Å². The van der Waals surface area contributed by atoms with Crippen molar-refractivity contribution in [2.75, 3.05) is 6.26 Å². The van der Waals surface area contributed by atoms with Gasteiger partial charge in [-0.3, -0.25) is 5.73 Å². The SMILES string of the molecule is CSc1ccccc1C=CC(=O)OC(C)N. The van der Waals surface area contributed by atoms with Crippen LogP contribution in [0.25, 0.3) is 6.08 Å². The molecule has 3 nitrogen and oxygen atoms in total. The summed E-state index contributed by atoms with van der Waals surface area (Å²) in [5.74, 6) is -0.425. The van der Waals surface area contributed by atoms with Gasteiger partial charge < -0.3 is 4.74 Å². The highest BCUT2D eigenvalue weighted by molar-refractivity contribution is 7.98. The Morgan fingerprint density at radius 3 is 2.81 bits per heavy atom. The van der Waals surface area contributed by atoms with Crippen molar-refractivity contribution >= 4 is 23.8 Å². The van der Waals surface area contributed by atoms with Crippen molar-refractivity contribution in [1.29, 1.82) is 0 Å². The van der Waals surface area contributed by atoms with Crippen molar-refractivity contribution in [2.24, 2.45) is 5.73 Å². The van der Waals surface area contributed by atoms with Crippen LogP contribution in [-0.4, -0.2) is 18.5 Å². The summed E-state index contributed by atoms with van der Waals surface area (Å²) < 4.78 is 4.79. The van der Waals surface area contributed by atoms with E-state index in [9.17, 15) is 4.79 Å². The quantitative estimate of drug-likeness (QED) is 0.378. The van der Waals surface area contributed by atoms with E-state index in [2.05, 4.69) is 0 Å². The Balaban J connectivity index is 2.72. The third kappa shape index (κ3) is 4.08. The fourth-order valence-electron chi connectivity index (χ4n) is 1.18. The lowest BCUT2D eigenvalue weighted by atomic mass is 10.2. The summed E-state index contributed by atoms with van der Waals surface area (Å²) in [5, 5.41) is 0. The zero-order valence-corrected chi connectivity index (χ0v) is 10.2. The summed E-state index contributed by atoms with van der Waals surface area (Å²) in [6, 6.07) is 7.84. The second kappa shape index (κ2) is 6.35. The lowest BCUT2D eigenvalue weighted by molar-refractivity contribution is -0.141. The summed E-state index contributed by atoms with van der Waals surface area (Å²) in [6.45, 7) is 1.61. The molecule has 0 amide bonds. The third-order valence-electron chi connectivity index (χ3n) is 1.84. The summed E-state index contributed by atoms with van der Waals surface area (Å²) in [5.41, 5.74) is 6.33. The molecule has 0 aromatic heterocycles. The minimum atomic E-state index is -0.576. The molecule has 0 aliphatic rings. The lowest BCUT2D eigenvalue weighted by Gasteiger charge is -2.04. The maximum absolute atomic E-state index is 11.2. The van der Waals surface area contributed by atoms with Gasteiger partial charge in [0.2, 0.25) is 0 Å². The van der Waals surface area contributed by atoms with Crippen LogP contribution in [-0.2, 0) is 9.53 Å². The van der Waals surface area contributed by atoms with Gasteiger partial charge in [0, 0.05) is 11.0 Å². The van der Waals surface area contributed by atoms with Gasteiger partial charge >= 0.3 is 5.97 Å². The Morgan fingerprint density at radius 1 is 1.50 bits per heavy atom. The number of ether oxygens (including phenoxy) is 1. The van der Waals surface area contributed by atoms with Crippen molar-refractivity contribution in [3.05, 3.63) is 35.9 Å². The minimum absolute atomic E-state index is 0.425. The molecule has 0 saturated heterocycles. The van der Waals surface area contributed by atoms with Crippen LogP contribution in [0.5, 0.6) is 0 Å². The van der Waals surface area contributed by atoms with Crippen LogP contribution in [0.1, 0.15) is 12.5 Å². The topological polar surface area (TPSA) is 52.3 Å². The molecule has 1 unspecified atom stereocenters. The largest absolute Gasteiger partial charge is 0.444 e.